The lowest BCUT2D eigenvalue weighted by molar-refractivity contribution is 0.529. The maximum atomic E-state index is 4.75. The average molecular weight is 310 g/mol. The predicted molar refractivity (Wildman–Crippen MR) is 101 cm³/mol. The van der Waals surface area contributed by atoms with Crippen LogP contribution in [0.15, 0.2) is 36.5 Å². The second-order valence-corrected chi connectivity index (χ2v) is 8.52. The van der Waals surface area contributed by atoms with Crippen molar-refractivity contribution in [2.45, 2.75) is 52.4 Å². The molecule has 1 aromatic carbocycles. The highest BCUT2D eigenvalue weighted by molar-refractivity contribution is 5.69. The van der Waals surface area contributed by atoms with Crippen LogP contribution in [0.4, 0.5) is 5.69 Å². The minimum atomic E-state index is 0.0480. The topological polar surface area (TPSA) is 16.1 Å². The van der Waals surface area contributed by atoms with Gasteiger partial charge in [-0.05, 0) is 40.2 Å². The van der Waals surface area contributed by atoms with Crippen LogP contribution < -0.4 is 4.90 Å². The quantitative estimate of drug-likeness (QED) is 0.737. The molecule has 124 valence electrons. The number of rotatable bonds is 2. The standard InChI is InChI=1S/C21H30N2/c1-20(2,3)17-13-14-22-19(18(17)21(4,5)6)15-9-11-16(12-10-15)23(7)8/h9-14H,1-8H3. The minimum absolute atomic E-state index is 0.0480. The molecule has 0 saturated carbocycles. The first-order valence-electron chi connectivity index (χ1n) is 8.29. The van der Waals surface area contributed by atoms with E-state index in [2.05, 4.69) is 90.9 Å². The zero-order valence-corrected chi connectivity index (χ0v) is 15.9. The number of nitrogens with zero attached hydrogens (tertiary/aromatic N) is 2. The Kier molecular flexibility index (Phi) is 4.57. The van der Waals surface area contributed by atoms with Gasteiger partial charge >= 0.3 is 0 Å². The second kappa shape index (κ2) is 5.99. The van der Waals surface area contributed by atoms with Gasteiger partial charge in [-0.1, -0.05) is 53.7 Å². The summed E-state index contributed by atoms with van der Waals surface area (Å²) in [6.07, 6.45) is 1.95. The van der Waals surface area contributed by atoms with Gasteiger partial charge in [-0.3, -0.25) is 4.98 Å². The van der Waals surface area contributed by atoms with Crippen molar-refractivity contribution in [3.05, 3.63) is 47.7 Å². The van der Waals surface area contributed by atoms with Crippen LogP contribution in [-0.4, -0.2) is 19.1 Å². The van der Waals surface area contributed by atoms with Crippen LogP contribution in [0.25, 0.3) is 11.3 Å². The van der Waals surface area contributed by atoms with Gasteiger partial charge < -0.3 is 4.90 Å². The first kappa shape index (κ1) is 17.5. The van der Waals surface area contributed by atoms with Crippen LogP contribution >= 0.6 is 0 Å². The molecule has 0 aliphatic carbocycles. The van der Waals surface area contributed by atoms with Crippen molar-refractivity contribution in [3.63, 3.8) is 0 Å². The molecule has 2 nitrogen and oxygen atoms in total. The number of benzene rings is 1. The zero-order valence-electron chi connectivity index (χ0n) is 15.9. The third kappa shape index (κ3) is 3.74. The molecule has 0 aliphatic heterocycles. The van der Waals surface area contributed by atoms with E-state index in [1.54, 1.807) is 0 Å². The maximum absolute atomic E-state index is 4.75. The molecule has 1 heterocycles. The van der Waals surface area contributed by atoms with Crippen molar-refractivity contribution < 1.29 is 0 Å². The molecule has 0 fully saturated rings. The Bertz CT molecular complexity index is 668. The summed E-state index contributed by atoms with van der Waals surface area (Å²) in [5.41, 5.74) is 6.38. The van der Waals surface area contributed by atoms with Gasteiger partial charge in [0.2, 0.25) is 0 Å². The fourth-order valence-electron chi connectivity index (χ4n) is 2.98. The highest BCUT2D eigenvalue weighted by Gasteiger charge is 2.28. The molecule has 2 rings (SSSR count). The molecule has 2 aromatic rings. The van der Waals surface area contributed by atoms with Gasteiger partial charge in [0, 0.05) is 31.5 Å². The summed E-state index contributed by atoms with van der Waals surface area (Å²) in [6.45, 7) is 13.6. The lowest BCUT2D eigenvalue weighted by atomic mass is 9.74. The van der Waals surface area contributed by atoms with Crippen LogP contribution in [0, 0.1) is 0 Å². The molecule has 0 bridgehead atoms. The number of hydrogen-bond acceptors (Lipinski definition) is 2. The van der Waals surface area contributed by atoms with Gasteiger partial charge in [0.15, 0.2) is 0 Å². The first-order valence-corrected chi connectivity index (χ1v) is 8.29. The minimum Gasteiger partial charge on any atom is -0.378 e. The van der Waals surface area contributed by atoms with Gasteiger partial charge in [0.05, 0.1) is 5.69 Å². The van der Waals surface area contributed by atoms with E-state index in [0.29, 0.717) is 0 Å². The number of pyridine rings is 1. The van der Waals surface area contributed by atoms with Crippen LogP contribution in [-0.2, 0) is 10.8 Å². The predicted octanol–water partition coefficient (Wildman–Crippen LogP) is 5.41. The molecule has 0 amide bonds. The van der Waals surface area contributed by atoms with Gasteiger partial charge in [-0.2, -0.15) is 0 Å². The monoisotopic (exact) mass is 310 g/mol. The molecule has 1 aromatic heterocycles. The Balaban J connectivity index is 2.67. The van der Waals surface area contributed by atoms with Crippen LogP contribution in [0.3, 0.4) is 0 Å². The maximum Gasteiger partial charge on any atom is 0.0742 e. The van der Waals surface area contributed by atoms with Crippen molar-refractivity contribution >= 4 is 5.69 Å². The third-order valence-corrected chi connectivity index (χ3v) is 4.17. The summed E-state index contributed by atoms with van der Waals surface area (Å²) >= 11 is 0. The smallest absolute Gasteiger partial charge is 0.0742 e. The van der Waals surface area contributed by atoms with Gasteiger partial charge in [0.25, 0.3) is 0 Å². The van der Waals surface area contributed by atoms with E-state index >= 15 is 0 Å². The molecular weight excluding hydrogens is 280 g/mol. The van der Waals surface area contributed by atoms with Crippen LogP contribution in [0.1, 0.15) is 52.7 Å². The molecule has 0 saturated heterocycles. The van der Waals surface area contributed by atoms with Gasteiger partial charge in [0.1, 0.15) is 0 Å². The van der Waals surface area contributed by atoms with Crippen molar-refractivity contribution in [2.24, 2.45) is 0 Å². The lowest BCUT2D eigenvalue weighted by Crippen LogP contribution is -2.23. The van der Waals surface area contributed by atoms with Gasteiger partial charge in [-0.15, -0.1) is 0 Å². The SMILES string of the molecule is CN(C)c1ccc(-c2nccc(C(C)(C)C)c2C(C)(C)C)cc1. The molecule has 0 atom stereocenters. The summed E-state index contributed by atoms with van der Waals surface area (Å²) in [5, 5.41) is 0. The Hall–Kier alpha value is -1.83. The van der Waals surface area contributed by atoms with Crippen molar-refractivity contribution in [3.8, 4) is 11.3 Å². The van der Waals surface area contributed by atoms with Crippen molar-refractivity contribution in [1.82, 2.24) is 4.98 Å². The van der Waals surface area contributed by atoms with E-state index in [9.17, 15) is 0 Å². The average Bonchev–Trinajstić information content (AvgIpc) is 2.44. The Morgan fingerprint density at radius 1 is 0.783 bits per heavy atom. The molecule has 0 radical (unpaired) electrons. The number of hydrogen-bond donors (Lipinski definition) is 0. The molecule has 2 heteroatoms. The Morgan fingerprint density at radius 3 is 1.78 bits per heavy atom. The van der Waals surface area contributed by atoms with E-state index in [-0.39, 0.29) is 10.8 Å². The van der Waals surface area contributed by atoms with Crippen molar-refractivity contribution in [2.75, 3.05) is 19.0 Å². The number of anilines is 1. The normalized spacial score (nSPS) is 12.3. The zero-order chi connectivity index (χ0) is 17.4. The Morgan fingerprint density at radius 2 is 1.35 bits per heavy atom. The molecule has 0 unspecified atom stereocenters. The van der Waals surface area contributed by atoms with E-state index in [0.717, 1.165) is 5.69 Å². The highest BCUT2D eigenvalue weighted by Crippen LogP contribution is 2.39. The van der Waals surface area contributed by atoms with Crippen molar-refractivity contribution in [1.29, 1.82) is 0 Å². The first-order chi connectivity index (χ1) is 10.5. The molecular formula is C21H30N2. The molecule has 0 spiro atoms. The van der Waals surface area contributed by atoms with E-state index in [1.807, 2.05) is 6.20 Å². The lowest BCUT2D eigenvalue weighted by Gasteiger charge is -2.31. The summed E-state index contributed by atoms with van der Waals surface area (Å²) in [5.74, 6) is 0. The fourth-order valence-corrected chi connectivity index (χ4v) is 2.98. The largest absolute Gasteiger partial charge is 0.378 e. The van der Waals surface area contributed by atoms with Crippen LogP contribution in [0.2, 0.25) is 0 Å². The molecule has 0 N–H and O–H groups in total. The van der Waals surface area contributed by atoms with E-state index < -0.39 is 0 Å². The number of aromatic nitrogens is 1. The molecule has 0 aliphatic rings. The summed E-state index contributed by atoms with van der Waals surface area (Å²) in [7, 11) is 4.13. The summed E-state index contributed by atoms with van der Waals surface area (Å²) in [4.78, 5) is 6.87. The Labute approximate surface area is 141 Å². The highest BCUT2D eigenvalue weighted by atomic mass is 15.1. The van der Waals surface area contributed by atoms with E-state index in [1.165, 1.54) is 22.4 Å². The molecule has 23 heavy (non-hydrogen) atoms. The van der Waals surface area contributed by atoms with E-state index in [4.69, 9.17) is 4.98 Å². The van der Waals surface area contributed by atoms with Crippen LogP contribution in [0.5, 0.6) is 0 Å². The fraction of sp³-hybridized carbons (Fsp3) is 0.476. The third-order valence-electron chi connectivity index (χ3n) is 4.17. The summed E-state index contributed by atoms with van der Waals surface area (Å²) < 4.78 is 0. The van der Waals surface area contributed by atoms with Gasteiger partial charge in [-0.25, -0.2) is 0 Å². The second-order valence-electron chi connectivity index (χ2n) is 8.52. The summed E-state index contributed by atoms with van der Waals surface area (Å²) in [6, 6.07) is 10.9.